The van der Waals surface area contributed by atoms with Gasteiger partial charge in [0.25, 0.3) is 0 Å². The average molecular weight is 681 g/mol. The van der Waals surface area contributed by atoms with E-state index in [1.165, 1.54) is 128 Å². The first-order chi connectivity index (χ1) is 19.8. The topological polar surface area (TPSA) is 220 Å². The van der Waals surface area contributed by atoms with Crippen LogP contribution >= 0.6 is 0 Å². The predicted molar refractivity (Wildman–Crippen MR) is 180 cm³/mol. The predicted octanol–water partition coefficient (Wildman–Crippen LogP) is 6.30. The second-order valence-electron chi connectivity index (χ2n) is 10.1. The summed E-state index contributed by atoms with van der Waals surface area (Å²) in [5.41, 5.74) is 10.2. The van der Waals surface area contributed by atoms with E-state index in [9.17, 15) is 0 Å². The van der Waals surface area contributed by atoms with Gasteiger partial charge >= 0.3 is 43.9 Å². The summed E-state index contributed by atoms with van der Waals surface area (Å²) < 4.78 is 73.8. The number of unbranched alkanes of at least 4 members (excludes halogenated alkanes) is 18. The molecule has 0 bridgehead atoms. The molecule has 12 nitrogen and oxygen atoms in total. The minimum atomic E-state index is -4.67. The second-order valence-corrected chi connectivity index (χ2v) is 11.9. The maximum Gasteiger partial charge on any atom is 2.00 e. The van der Waals surface area contributed by atoms with E-state index in [0.717, 1.165) is 13.2 Å². The molecule has 0 atom stereocenters. The SMILES string of the molecule is CCCCCCCCCCCCOCCCCCCCCCCCC.NCCOCCN.O=S(=O)(O)O.O=S(=O)(O)O.[H-].[H-].[Mg+2]. The maximum atomic E-state index is 8.74. The van der Waals surface area contributed by atoms with Gasteiger partial charge in [0, 0.05) is 26.3 Å². The van der Waals surface area contributed by atoms with Crippen molar-refractivity contribution in [1.29, 1.82) is 0 Å². The van der Waals surface area contributed by atoms with Crippen molar-refractivity contribution in [3.63, 3.8) is 0 Å². The molecular formula is C28H68MgN2O10S2. The molecule has 0 aromatic heterocycles. The monoisotopic (exact) mass is 680 g/mol. The Morgan fingerprint density at radius 3 is 0.837 bits per heavy atom. The molecule has 8 N–H and O–H groups in total. The fourth-order valence-electron chi connectivity index (χ4n) is 3.75. The standard InChI is InChI=1S/C24H50O.C4H12N2O.Mg.2H2O4S.2H/c1-3-5-7-9-11-13-15-17-19-21-23-25-24-22-20-18-16-14-12-10-8-6-4-2;5-1-3-7-4-2-6;;2*1-5(2,3)4;;/h3-24H2,1-2H3;1-6H2;;2*(H2,1,2,3,4);;/q;;+2;;;2*-1. The van der Waals surface area contributed by atoms with Crippen LogP contribution in [-0.2, 0) is 30.3 Å². The van der Waals surface area contributed by atoms with Gasteiger partial charge < -0.3 is 23.8 Å². The fraction of sp³-hybridized carbons (Fsp3) is 1.00. The zero-order valence-corrected chi connectivity index (χ0v) is 30.3. The summed E-state index contributed by atoms with van der Waals surface area (Å²) in [6.45, 7) is 8.98. The van der Waals surface area contributed by atoms with Gasteiger partial charge in [-0.1, -0.05) is 129 Å². The summed E-state index contributed by atoms with van der Waals surface area (Å²) >= 11 is 0. The third-order valence-electron chi connectivity index (χ3n) is 5.81. The summed E-state index contributed by atoms with van der Waals surface area (Å²) in [6, 6.07) is 0. The Morgan fingerprint density at radius 1 is 0.442 bits per heavy atom. The molecule has 0 aromatic rings. The van der Waals surface area contributed by atoms with Gasteiger partial charge in [0.1, 0.15) is 0 Å². The average Bonchev–Trinajstić information content (AvgIpc) is 2.88. The fourth-order valence-corrected chi connectivity index (χ4v) is 3.75. The maximum absolute atomic E-state index is 8.74. The molecule has 0 aliphatic carbocycles. The molecule has 264 valence electrons. The van der Waals surface area contributed by atoms with Crippen LogP contribution in [0.4, 0.5) is 0 Å². The van der Waals surface area contributed by atoms with E-state index in [0.29, 0.717) is 26.3 Å². The molecule has 0 aromatic carbocycles. The van der Waals surface area contributed by atoms with Gasteiger partial charge in [-0.15, -0.1) is 0 Å². The Kier molecular flexibility index (Phi) is 54.7. The van der Waals surface area contributed by atoms with Gasteiger partial charge in [-0.2, -0.15) is 16.8 Å². The number of hydrogen-bond donors (Lipinski definition) is 6. The summed E-state index contributed by atoms with van der Waals surface area (Å²) in [5, 5.41) is 0. The molecule has 0 aliphatic rings. The molecule has 0 aliphatic heterocycles. The molecule has 0 unspecified atom stereocenters. The Morgan fingerprint density at radius 2 is 0.628 bits per heavy atom. The van der Waals surface area contributed by atoms with Crippen molar-refractivity contribution in [2.24, 2.45) is 11.5 Å². The third-order valence-corrected chi connectivity index (χ3v) is 5.81. The number of hydrogen-bond acceptors (Lipinski definition) is 8. The van der Waals surface area contributed by atoms with Gasteiger partial charge in [-0.3, -0.25) is 18.2 Å². The van der Waals surface area contributed by atoms with Gasteiger partial charge in [0.05, 0.1) is 13.2 Å². The molecule has 0 heterocycles. The van der Waals surface area contributed by atoms with E-state index in [1.807, 2.05) is 0 Å². The van der Waals surface area contributed by atoms with Crippen molar-refractivity contribution in [1.82, 2.24) is 0 Å². The zero-order chi connectivity index (χ0) is 32.8. The first-order valence-corrected chi connectivity index (χ1v) is 18.6. The van der Waals surface area contributed by atoms with Crippen LogP contribution in [0.25, 0.3) is 0 Å². The van der Waals surface area contributed by atoms with Crippen LogP contribution in [0.3, 0.4) is 0 Å². The summed E-state index contributed by atoms with van der Waals surface area (Å²) in [5.74, 6) is 0. The Balaban J connectivity index is -0.000000118. The van der Waals surface area contributed by atoms with Crippen molar-refractivity contribution < 1.29 is 47.4 Å². The number of ether oxygens (including phenoxy) is 2. The van der Waals surface area contributed by atoms with Crippen molar-refractivity contribution >= 4 is 43.9 Å². The molecular weight excluding hydrogens is 613 g/mol. The van der Waals surface area contributed by atoms with Crippen molar-refractivity contribution in [2.45, 2.75) is 142 Å². The van der Waals surface area contributed by atoms with Gasteiger partial charge in [-0.25, -0.2) is 0 Å². The molecule has 0 saturated carbocycles. The van der Waals surface area contributed by atoms with Crippen LogP contribution in [0.2, 0.25) is 0 Å². The van der Waals surface area contributed by atoms with Crippen LogP contribution < -0.4 is 11.5 Å². The minimum absolute atomic E-state index is 0. The summed E-state index contributed by atoms with van der Waals surface area (Å²) in [7, 11) is -9.33. The minimum Gasteiger partial charge on any atom is -1.00 e. The Bertz CT molecular complexity index is 629. The largest absolute Gasteiger partial charge is 2.00 e. The summed E-state index contributed by atoms with van der Waals surface area (Å²) in [6.07, 6.45) is 28.2. The van der Waals surface area contributed by atoms with E-state index in [1.54, 1.807) is 0 Å². The molecule has 0 amide bonds. The van der Waals surface area contributed by atoms with Gasteiger partial charge in [0.2, 0.25) is 0 Å². The smallest absolute Gasteiger partial charge is 1.00 e. The van der Waals surface area contributed by atoms with Crippen LogP contribution in [0, 0.1) is 0 Å². The number of nitrogens with two attached hydrogens (primary N) is 2. The Hall–Kier alpha value is 0.346. The first kappa shape index (κ1) is 52.9. The van der Waals surface area contributed by atoms with E-state index >= 15 is 0 Å². The van der Waals surface area contributed by atoms with E-state index in [-0.39, 0.29) is 25.9 Å². The molecule has 0 saturated heterocycles. The van der Waals surface area contributed by atoms with E-state index < -0.39 is 20.8 Å². The summed E-state index contributed by atoms with van der Waals surface area (Å²) in [4.78, 5) is 0. The van der Waals surface area contributed by atoms with Crippen molar-refractivity contribution in [3.8, 4) is 0 Å². The molecule has 43 heavy (non-hydrogen) atoms. The van der Waals surface area contributed by atoms with Crippen molar-refractivity contribution in [3.05, 3.63) is 0 Å². The van der Waals surface area contributed by atoms with Gasteiger partial charge in [0.15, 0.2) is 0 Å². The van der Waals surface area contributed by atoms with Crippen LogP contribution in [-0.4, -0.2) is 97.6 Å². The second kappa shape index (κ2) is 44.5. The van der Waals surface area contributed by atoms with Gasteiger partial charge in [-0.05, 0) is 12.8 Å². The van der Waals surface area contributed by atoms with Crippen LogP contribution in [0.15, 0.2) is 0 Å². The van der Waals surface area contributed by atoms with E-state index in [4.69, 9.17) is 56.0 Å². The number of rotatable bonds is 26. The Labute approximate surface area is 283 Å². The molecule has 0 rings (SSSR count). The molecule has 15 heteroatoms. The third kappa shape index (κ3) is 99.3. The molecule has 0 radical (unpaired) electrons. The van der Waals surface area contributed by atoms with Crippen LogP contribution in [0.5, 0.6) is 0 Å². The normalized spacial score (nSPS) is 10.8. The molecule has 0 fully saturated rings. The first-order valence-electron chi connectivity index (χ1n) is 15.8. The molecule has 0 spiro atoms. The van der Waals surface area contributed by atoms with E-state index in [2.05, 4.69) is 13.8 Å². The van der Waals surface area contributed by atoms with Crippen molar-refractivity contribution in [2.75, 3.05) is 39.5 Å². The quantitative estimate of drug-likeness (QED) is 0.0336. The zero-order valence-electron chi connectivity index (χ0n) is 29.3. The van der Waals surface area contributed by atoms with Crippen LogP contribution in [0.1, 0.15) is 145 Å².